The van der Waals surface area contributed by atoms with E-state index in [1.165, 1.54) is 0 Å². The highest BCUT2D eigenvalue weighted by molar-refractivity contribution is 9.10. The van der Waals surface area contributed by atoms with E-state index in [2.05, 4.69) is 20.7 Å². The minimum Gasteiger partial charge on any atom is -0.396 e. The Morgan fingerprint density at radius 2 is 1.95 bits per heavy atom. The molecule has 1 aromatic carbocycles. The van der Waals surface area contributed by atoms with Crippen LogP contribution in [0.1, 0.15) is 12.8 Å². The van der Waals surface area contributed by atoms with E-state index < -0.39 is 26.6 Å². The summed E-state index contributed by atoms with van der Waals surface area (Å²) in [7, 11) is -4.65. The van der Waals surface area contributed by atoms with Gasteiger partial charge in [0.25, 0.3) is 0 Å². The van der Waals surface area contributed by atoms with E-state index in [1.54, 1.807) is 0 Å². The summed E-state index contributed by atoms with van der Waals surface area (Å²) >= 11 is 3.03. The number of nitrogens with two attached hydrogens (primary N) is 1. The van der Waals surface area contributed by atoms with Gasteiger partial charge in [0, 0.05) is 32.8 Å². The van der Waals surface area contributed by atoms with Crippen molar-refractivity contribution in [2.45, 2.75) is 23.8 Å². The van der Waals surface area contributed by atoms with E-state index in [1.807, 2.05) is 0 Å². The second-order valence-corrected chi connectivity index (χ2v) is 8.78. The number of hydrogen-bond acceptors (Lipinski definition) is 4. The van der Waals surface area contributed by atoms with Crippen LogP contribution in [0.2, 0.25) is 0 Å². The van der Waals surface area contributed by atoms with Gasteiger partial charge in [-0.3, -0.25) is 4.21 Å². The number of anilines is 1. The number of benzene rings is 1. The largest absolute Gasteiger partial charge is 0.396 e. The van der Waals surface area contributed by atoms with Crippen molar-refractivity contribution in [1.82, 2.24) is 4.72 Å². The molecule has 20 heavy (non-hydrogen) atoms. The molecule has 2 rings (SSSR count). The number of nitrogen functional groups attached to an aromatic ring is 1. The highest BCUT2D eigenvalue weighted by atomic mass is 79.9. The lowest BCUT2D eigenvalue weighted by molar-refractivity contribution is 0.521. The number of sulfonamides is 1. The van der Waals surface area contributed by atoms with Gasteiger partial charge >= 0.3 is 0 Å². The van der Waals surface area contributed by atoms with Crippen LogP contribution in [-0.4, -0.2) is 30.2 Å². The van der Waals surface area contributed by atoms with Gasteiger partial charge in [-0.2, -0.15) is 0 Å². The van der Waals surface area contributed by atoms with E-state index in [9.17, 15) is 17.0 Å². The zero-order chi connectivity index (χ0) is 14.9. The summed E-state index contributed by atoms with van der Waals surface area (Å²) in [6.45, 7) is 0. The lowest BCUT2D eigenvalue weighted by atomic mass is 10.2. The Balaban J connectivity index is 2.22. The SMILES string of the molecule is Nc1cc(S(=O)(=O)NC2CCS(=O)CC2)c(Br)cc1F. The van der Waals surface area contributed by atoms with Gasteiger partial charge < -0.3 is 5.73 Å². The van der Waals surface area contributed by atoms with Crippen LogP contribution < -0.4 is 10.5 Å². The predicted molar refractivity (Wildman–Crippen MR) is 79.7 cm³/mol. The van der Waals surface area contributed by atoms with Gasteiger partial charge in [0.2, 0.25) is 10.0 Å². The molecular formula is C11H14BrFN2O3S2. The van der Waals surface area contributed by atoms with Gasteiger partial charge in [-0.15, -0.1) is 0 Å². The molecule has 1 aromatic rings. The monoisotopic (exact) mass is 384 g/mol. The van der Waals surface area contributed by atoms with Gasteiger partial charge in [0.15, 0.2) is 0 Å². The normalized spacial score (nSPS) is 23.7. The first-order valence-electron chi connectivity index (χ1n) is 5.91. The van der Waals surface area contributed by atoms with E-state index in [4.69, 9.17) is 5.73 Å². The van der Waals surface area contributed by atoms with Crippen LogP contribution in [0.25, 0.3) is 0 Å². The third-order valence-corrected chi connectivity index (χ3v) is 6.91. The van der Waals surface area contributed by atoms with Crippen LogP contribution in [0.15, 0.2) is 21.5 Å². The summed E-state index contributed by atoms with van der Waals surface area (Å²) in [5.74, 6) is 0.295. The first-order chi connectivity index (χ1) is 9.29. The second-order valence-electron chi connectivity index (χ2n) is 4.55. The lowest BCUT2D eigenvalue weighted by Crippen LogP contribution is -2.39. The summed E-state index contributed by atoms with van der Waals surface area (Å²) in [5.41, 5.74) is 5.19. The average molecular weight is 385 g/mol. The Morgan fingerprint density at radius 1 is 1.35 bits per heavy atom. The fraction of sp³-hybridized carbons (Fsp3) is 0.455. The van der Waals surface area contributed by atoms with E-state index in [0.29, 0.717) is 24.3 Å². The molecule has 0 saturated carbocycles. The van der Waals surface area contributed by atoms with Crippen molar-refractivity contribution in [2.75, 3.05) is 17.2 Å². The van der Waals surface area contributed by atoms with Crippen molar-refractivity contribution in [3.05, 3.63) is 22.4 Å². The van der Waals surface area contributed by atoms with Crippen molar-refractivity contribution < 1.29 is 17.0 Å². The molecule has 0 amide bonds. The Morgan fingerprint density at radius 3 is 2.55 bits per heavy atom. The fourth-order valence-electron chi connectivity index (χ4n) is 1.95. The smallest absolute Gasteiger partial charge is 0.242 e. The van der Waals surface area contributed by atoms with Gasteiger partial charge in [-0.25, -0.2) is 17.5 Å². The molecular weight excluding hydrogens is 371 g/mol. The van der Waals surface area contributed by atoms with Gasteiger partial charge in [0.05, 0.1) is 10.6 Å². The van der Waals surface area contributed by atoms with Crippen LogP contribution in [0.4, 0.5) is 10.1 Å². The molecule has 0 aliphatic carbocycles. The summed E-state index contributed by atoms with van der Waals surface area (Å²) in [5, 5.41) is 0. The summed E-state index contributed by atoms with van der Waals surface area (Å²) in [4.78, 5) is -0.0944. The van der Waals surface area contributed by atoms with E-state index >= 15 is 0 Å². The standard InChI is InChI=1S/C11H14BrFN2O3S2/c12-8-5-9(13)10(14)6-11(8)20(17,18)15-7-1-3-19(16)4-2-7/h5-7,15H,1-4,14H2. The van der Waals surface area contributed by atoms with Crippen LogP contribution in [0.3, 0.4) is 0 Å². The maximum absolute atomic E-state index is 13.2. The Bertz CT molecular complexity index is 641. The van der Waals surface area contributed by atoms with Crippen molar-refractivity contribution >= 4 is 42.4 Å². The molecule has 9 heteroatoms. The summed E-state index contributed by atoms with van der Waals surface area (Å²) in [6, 6.07) is 1.86. The van der Waals surface area contributed by atoms with E-state index in [-0.39, 0.29) is 21.1 Å². The van der Waals surface area contributed by atoms with Crippen LogP contribution in [0.5, 0.6) is 0 Å². The Kier molecular flexibility index (Phi) is 4.83. The van der Waals surface area contributed by atoms with Crippen molar-refractivity contribution in [3.8, 4) is 0 Å². The van der Waals surface area contributed by atoms with Crippen molar-refractivity contribution in [2.24, 2.45) is 0 Å². The molecule has 1 fully saturated rings. The fourth-order valence-corrected chi connectivity index (χ4v) is 5.60. The zero-order valence-corrected chi connectivity index (χ0v) is 13.7. The molecule has 112 valence electrons. The highest BCUT2D eigenvalue weighted by Gasteiger charge is 2.26. The minimum atomic E-state index is -3.79. The molecule has 0 unspecified atom stereocenters. The molecule has 0 bridgehead atoms. The number of hydrogen-bond donors (Lipinski definition) is 2. The minimum absolute atomic E-state index is 0.0944. The lowest BCUT2D eigenvalue weighted by Gasteiger charge is -2.22. The molecule has 1 aliphatic rings. The maximum atomic E-state index is 13.2. The molecule has 0 spiro atoms. The summed E-state index contributed by atoms with van der Waals surface area (Å²) < 4.78 is 51.7. The van der Waals surface area contributed by atoms with Gasteiger partial charge in [-0.05, 0) is 40.9 Å². The van der Waals surface area contributed by atoms with Gasteiger partial charge in [0.1, 0.15) is 5.82 Å². The predicted octanol–water partition coefficient (Wildman–Crippen LogP) is 1.36. The van der Waals surface area contributed by atoms with E-state index in [0.717, 1.165) is 12.1 Å². The third kappa shape index (κ3) is 3.57. The van der Waals surface area contributed by atoms with Crippen molar-refractivity contribution in [1.29, 1.82) is 0 Å². The molecule has 3 N–H and O–H groups in total. The highest BCUT2D eigenvalue weighted by Crippen LogP contribution is 2.27. The molecule has 1 heterocycles. The number of rotatable bonds is 3. The second kappa shape index (κ2) is 6.08. The first-order valence-corrected chi connectivity index (χ1v) is 9.68. The third-order valence-electron chi connectivity index (χ3n) is 3.05. The number of halogens is 2. The van der Waals surface area contributed by atoms with Crippen molar-refractivity contribution in [3.63, 3.8) is 0 Å². The van der Waals surface area contributed by atoms with Gasteiger partial charge in [-0.1, -0.05) is 0 Å². The maximum Gasteiger partial charge on any atom is 0.242 e. The topological polar surface area (TPSA) is 89.3 Å². The average Bonchev–Trinajstić information content (AvgIpc) is 2.36. The molecule has 1 saturated heterocycles. The zero-order valence-electron chi connectivity index (χ0n) is 10.4. The quantitative estimate of drug-likeness (QED) is 0.769. The van der Waals surface area contributed by atoms with Crippen LogP contribution >= 0.6 is 15.9 Å². The van der Waals surface area contributed by atoms with Crippen LogP contribution in [0, 0.1) is 5.82 Å². The molecule has 0 atom stereocenters. The Hall–Kier alpha value is -0.510. The molecule has 1 aliphatic heterocycles. The first kappa shape index (κ1) is 15.9. The summed E-state index contributed by atoms with van der Waals surface area (Å²) in [6.07, 6.45) is 1.06. The molecule has 5 nitrogen and oxygen atoms in total. The molecule has 0 aromatic heterocycles. The Labute approximate surface area is 127 Å². The molecule has 0 radical (unpaired) electrons. The van der Waals surface area contributed by atoms with Crippen LogP contribution in [-0.2, 0) is 20.8 Å². The number of nitrogens with one attached hydrogen (secondary N) is 1.